The van der Waals surface area contributed by atoms with Gasteiger partial charge in [0.25, 0.3) is 0 Å². The molecule has 0 radical (unpaired) electrons. The van der Waals surface area contributed by atoms with Gasteiger partial charge in [0.2, 0.25) is 8.38 Å². The Morgan fingerprint density at radius 2 is 1.53 bits per heavy atom. The minimum atomic E-state index is -1.02. The first-order chi connectivity index (χ1) is 7.66. The van der Waals surface area contributed by atoms with E-state index in [-0.39, 0.29) is 11.2 Å². The fraction of sp³-hybridized carbons (Fsp3) is 0.750. The molecule has 0 spiro atoms. The van der Waals surface area contributed by atoms with Gasteiger partial charge in [0.05, 0.1) is 22.2 Å². The summed E-state index contributed by atoms with van der Waals surface area (Å²) in [5.41, 5.74) is 1.59. The molecule has 0 saturated carbocycles. The molecule has 5 heteroatoms. The van der Waals surface area contributed by atoms with Crippen molar-refractivity contribution in [2.24, 2.45) is 7.05 Å². The van der Waals surface area contributed by atoms with Crippen molar-refractivity contribution in [2.75, 3.05) is 0 Å². The lowest BCUT2D eigenvalue weighted by atomic mass is 9.90. The van der Waals surface area contributed by atoms with Gasteiger partial charge >= 0.3 is 0 Å². The molecule has 96 valence electrons. The summed E-state index contributed by atoms with van der Waals surface area (Å²) in [6.07, 6.45) is 0. The fourth-order valence-corrected chi connectivity index (χ4v) is 3.98. The highest BCUT2D eigenvalue weighted by Gasteiger charge is 2.51. The van der Waals surface area contributed by atoms with Crippen molar-refractivity contribution in [2.45, 2.75) is 52.7 Å². The minimum absolute atomic E-state index is 0.270. The van der Waals surface area contributed by atoms with Crippen LogP contribution in [-0.2, 0) is 16.1 Å². The van der Waals surface area contributed by atoms with Crippen molar-refractivity contribution >= 4 is 13.7 Å². The first-order valence-electron chi connectivity index (χ1n) is 5.84. The Balaban J connectivity index is 2.39. The molecule has 1 aromatic rings. The summed E-state index contributed by atoms with van der Waals surface area (Å²) in [6, 6.07) is 0. The fourth-order valence-electron chi connectivity index (χ4n) is 1.77. The van der Waals surface area contributed by atoms with Crippen LogP contribution in [0.2, 0.25) is 0 Å². The number of hydrogen-bond donors (Lipinski definition) is 0. The molecule has 0 atom stereocenters. The average molecular weight is 256 g/mol. The first-order valence-corrected chi connectivity index (χ1v) is 7.02. The number of nitrogens with zero attached hydrogens (tertiary/aromatic N) is 2. The Morgan fingerprint density at radius 1 is 1.06 bits per heavy atom. The zero-order valence-electron chi connectivity index (χ0n) is 11.7. The molecular formula is C12H21N2O2P. The van der Waals surface area contributed by atoms with E-state index in [0.717, 1.165) is 16.7 Å². The molecule has 1 aromatic heterocycles. The van der Waals surface area contributed by atoms with Crippen molar-refractivity contribution in [3.63, 3.8) is 0 Å². The lowest BCUT2D eigenvalue weighted by Gasteiger charge is -2.29. The summed E-state index contributed by atoms with van der Waals surface area (Å²) in [4.78, 5) is 0. The van der Waals surface area contributed by atoms with Gasteiger partial charge in [-0.15, -0.1) is 0 Å². The van der Waals surface area contributed by atoms with E-state index < -0.39 is 8.38 Å². The molecule has 1 saturated heterocycles. The van der Waals surface area contributed by atoms with Gasteiger partial charge in [-0.05, 0) is 41.5 Å². The molecule has 1 aliphatic heterocycles. The Kier molecular flexibility index (Phi) is 2.89. The highest BCUT2D eigenvalue weighted by atomic mass is 31.2. The van der Waals surface area contributed by atoms with Gasteiger partial charge in [0, 0.05) is 12.7 Å². The van der Waals surface area contributed by atoms with Crippen LogP contribution in [0.15, 0.2) is 0 Å². The van der Waals surface area contributed by atoms with E-state index in [1.54, 1.807) is 0 Å². The van der Waals surface area contributed by atoms with Crippen LogP contribution in [0.1, 0.15) is 39.1 Å². The van der Waals surface area contributed by atoms with Crippen LogP contribution in [0.3, 0.4) is 0 Å². The molecule has 0 bridgehead atoms. The largest absolute Gasteiger partial charge is 0.321 e. The summed E-state index contributed by atoms with van der Waals surface area (Å²) >= 11 is 0. The second-order valence-corrected chi connectivity index (χ2v) is 6.93. The number of aryl methyl sites for hydroxylation is 2. The Bertz CT molecular complexity index is 436. The zero-order valence-corrected chi connectivity index (χ0v) is 12.6. The van der Waals surface area contributed by atoms with Crippen LogP contribution in [-0.4, -0.2) is 21.0 Å². The normalized spacial score (nSPS) is 23.2. The first kappa shape index (κ1) is 13.0. The van der Waals surface area contributed by atoms with Gasteiger partial charge in [-0.2, -0.15) is 5.10 Å². The molecular weight excluding hydrogens is 235 g/mol. The maximum atomic E-state index is 6.11. The summed E-state index contributed by atoms with van der Waals surface area (Å²) in [5.74, 6) is 0. The Morgan fingerprint density at radius 3 is 1.88 bits per heavy atom. The van der Waals surface area contributed by atoms with E-state index in [9.17, 15) is 0 Å². The van der Waals surface area contributed by atoms with Gasteiger partial charge in [-0.3, -0.25) is 4.68 Å². The lowest BCUT2D eigenvalue weighted by molar-refractivity contribution is 0.00578. The summed E-state index contributed by atoms with van der Waals surface area (Å²) in [6.45, 7) is 12.4. The zero-order chi connectivity index (χ0) is 13.0. The molecule has 4 nitrogen and oxygen atoms in total. The molecule has 17 heavy (non-hydrogen) atoms. The number of rotatable bonds is 1. The van der Waals surface area contributed by atoms with Crippen molar-refractivity contribution in [3.8, 4) is 0 Å². The van der Waals surface area contributed by atoms with Crippen LogP contribution >= 0.6 is 8.38 Å². The average Bonchev–Trinajstić information content (AvgIpc) is 2.49. The van der Waals surface area contributed by atoms with E-state index in [4.69, 9.17) is 9.05 Å². The topological polar surface area (TPSA) is 36.3 Å². The predicted molar refractivity (Wildman–Crippen MR) is 69.6 cm³/mol. The van der Waals surface area contributed by atoms with Crippen LogP contribution in [0.25, 0.3) is 0 Å². The van der Waals surface area contributed by atoms with Crippen LogP contribution < -0.4 is 5.30 Å². The van der Waals surface area contributed by atoms with Crippen LogP contribution in [0.4, 0.5) is 0 Å². The molecule has 1 aliphatic rings. The van der Waals surface area contributed by atoms with Crippen LogP contribution in [0.5, 0.6) is 0 Å². The maximum absolute atomic E-state index is 6.11. The molecule has 0 amide bonds. The van der Waals surface area contributed by atoms with E-state index in [1.165, 1.54) is 0 Å². The molecule has 0 unspecified atom stereocenters. The monoisotopic (exact) mass is 256 g/mol. The van der Waals surface area contributed by atoms with E-state index >= 15 is 0 Å². The molecule has 0 N–H and O–H groups in total. The number of aromatic nitrogens is 2. The lowest BCUT2D eigenvalue weighted by Crippen LogP contribution is -2.41. The molecule has 2 heterocycles. The summed E-state index contributed by atoms with van der Waals surface area (Å²) in [5, 5.41) is 5.55. The summed E-state index contributed by atoms with van der Waals surface area (Å²) in [7, 11) is 0.932. The Hall–Kier alpha value is -0.440. The van der Waals surface area contributed by atoms with E-state index in [0.29, 0.717) is 0 Å². The second kappa shape index (κ2) is 3.78. The second-order valence-electron chi connectivity index (χ2n) is 5.60. The third-order valence-corrected chi connectivity index (χ3v) is 5.98. The van der Waals surface area contributed by atoms with Gasteiger partial charge < -0.3 is 9.05 Å². The molecule has 1 fully saturated rings. The van der Waals surface area contributed by atoms with Crippen LogP contribution in [0, 0.1) is 13.8 Å². The smallest absolute Gasteiger partial charge is 0.210 e. The summed E-state index contributed by atoms with van der Waals surface area (Å²) < 4.78 is 14.1. The quantitative estimate of drug-likeness (QED) is 0.725. The Labute approximate surface area is 104 Å². The van der Waals surface area contributed by atoms with Crippen molar-refractivity contribution < 1.29 is 9.05 Å². The van der Waals surface area contributed by atoms with Gasteiger partial charge in [-0.25, -0.2) is 0 Å². The minimum Gasteiger partial charge on any atom is -0.321 e. The molecule has 0 aromatic carbocycles. The van der Waals surface area contributed by atoms with Gasteiger partial charge in [0.1, 0.15) is 0 Å². The maximum Gasteiger partial charge on any atom is 0.210 e. The number of hydrogen-bond acceptors (Lipinski definition) is 3. The van der Waals surface area contributed by atoms with Gasteiger partial charge in [-0.1, -0.05) is 0 Å². The highest BCUT2D eigenvalue weighted by molar-refractivity contribution is 7.56. The molecule has 0 aliphatic carbocycles. The third-order valence-electron chi connectivity index (χ3n) is 3.73. The van der Waals surface area contributed by atoms with Crippen molar-refractivity contribution in [3.05, 3.63) is 11.4 Å². The predicted octanol–water partition coefficient (Wildman–Crippen LogP) is 2.58. The highest BCUT2D eigenvalue weighted by Crippen LogP contribution is 2.57. The molecule has 2 rings (SSSR count). The standard InChI is InChI=1S/C12H21N2O2P/c1-8-10(9(2)14(7)13-8)17-15-11(3,4)12(5,6)16-17/h1-7H3. The van der Waals surface area contributed by atoms with Crippen molar-refractivity contribution in [1.29, 1.82) is 0 Å². The van der Waals surface area contributed by atoms with Crippen molar-refractivity contribution in [1.82, 2.24) is 9.78 Å². The van der Waals surface area contributed by atoms with E-state index in [1.807, 2.05) is 18.7 Å². The SMILES string of the molecule is Cc1nn(C)c(C)c1P1OC(C)(C)C(C)(C)O1. The van der Waals surface area contributed by atoms with Gasteiger partial charge in [0.15, 0.2) is 0 Å². The third kappa shape index (κ3) is 1.92. The van der Waals surface area contributed by atoms with E-state index in [2.05, 4.69) is 39.7 Å².